The lowest BCUT2D eigenvalue weighted by Gasteiger charge is -2.08. The van der Waals surface area contributed by atoms with Crippen molar-refractivity contribution in [2.75, 3.05) is 23.7 Å². The summed E-state index contributed by atoms with van der Waals surface area (Å²) in [6, 6.07) is 16.1. The van der Waals surface area contributed by atoms with Crippen LogP contribution in [0.5, 0.6) is 0 Å². The minimum atomic E-state index is 0. The van der Waals surface area contributed by atoms with Crippen LogP contribution in [0.3, 0.4) is 0 Å². The summed E-state index contributed by atoms with van der Waals surface area (Å²) in [6.45, 7) is 1.85. The highest BCUT2D eigenvalue weighted by molar-refractivity contribution is 7.13. The third kappa shape index (κ3) is 9.16. The summed E-state index contributed by atoms with van der Waals surface area (Å²) < 4.78 is 3.90. The minimum absolute atomic E-state index is 0. The number of rotatable bonds is 11. The summed E-state index contributed by atoms with van der Waals surface area (Å²) in [5.41, 5.74) is 3.87. The average molecular weight is 652 g/mol. The number of benzene rings is 2. The van der Waals surface area contributed by atoms with Crippen LogP contribution in [0.1, 0.15) is 12.8 Å². The lowest BCUT2D eigenvalue weighted by atomic mass is 10.2. The van der Waals surface area contributed by atoms with E-state index in [1.54, 1.807) is 22.7 Å². The van der Waals surface area contributed by atoms with E-state index in [2.05, 4.69) is 31.1 Å². The van der Waals surface area contributed by atoms with Gasteiger partial charge in [-0.1, -0.05) is 0 Å². The molecule has 0 atom stereocenters. The van der Waals surface area contributed by atoms with Crippen LogP contribution in [0.15, 0.2) is 92.1 Å². The van der Waals surface area contributed by atoms with Gasteiger partial charge in [0.2, 0.25) is 0 Å². The van der Waals surface area contributed by atoms with E-state index in [1.807, 2.05) is 94.9 Å². The van der Waals surface area contributed by atoms with Gasteiger partial charge in [-0.15, -0.1) is 0 Å². The molecule has 0 unspecified atom stereocenters. The third-order valence-electron chi connectivity index (χ3n) is 5.02. The standard InChI is InChI=1S/C24H26N8S2.2BrH/c1-31-15-17-33-23(31)29-27-21-9-5-19(6-10-21)25-13-3-4-14-26-20-7-11-22(12-8-20)28-30-24-32(2)16-18-34-24;;/h5-12,15-18H,3-4,13-14H2,1-2H3;2*1H. The summed E-state index contributed by atoms with van der Waals surface area (Å²) >= 11 is 3.13. The number of azo groups is 2. The Balaban J connectivity index is 0.00000228. The van der Waals surface area contributed by atoms with Crippen molar-refractivity contribution < 1.29 is 43.1 Å². The van der Waals surface area contributed by atoms with Crippen molar-refractivity contribution in [3.63, 3.8) is 0 Å². The molecule has 2 aromatic heterocycles. The molecule has 2 N–H and O–H groups in total. The molecule has 36 heavy (non-hydrogen) atoms. The molecule has 0 spiro atoms. The molecular weight excluding hydrogens is 624 g/mol. The fraction of sp³-hybridized carbons (Fsp3) is 0.250. The lowest BCUT2D eigenvalue weighted by Crippen LogP contribution is -3.00. The Hall–Kier alpha value is -2.54. The molecule has 2 heterocycles. The zero-order valence-corrected chi connectivity index (χ0v) is 24.8. The van der Waals surface area contributed by atoms with E-state index in [0.717, 1.165) is 58.9 Å². The van der Waals surface area contributed by atoms with Gasteiger partial charge in [-0.2, -0.15) is 0 Å². The van der Waals surface area contributed by atoms with Crippen molar-refractivity contribution in [1.82, 2.24) is 0 Å². The Morgan fingerprint density at radius 2 is 1.00 bits per heavy atom. The van der Waals surface area contributed by atoms with E-state index in [0.29, 0.717) is 0 Å². The Labute approximate surface area is 240 Å². The highest BCUT2D eigenvalue weighted by Gasteiger charge is 2.08. The number of hydrogen-bond acceptors (Lipinski definition) is 8. The van der Waals surface area contributed by atoms with Crippen LogP contribution in [0, 0.1) is 0 Å². The van der Waals surface area contributed by atoms with Crippen molar-refractivity contribution in [3.8, 4) is 0 Å². The number of nitrogens with one attached hydrogen (secondary N) is 2. The smallest absolute Gasteiger partial charge is 0.408 e. The molecule has 0 aliphatic heterocycles. The first-order valence-corrected chi connectivity index (χ1v) is 12.8. The highest BCUT2D eigenvalue weighted by Crippen LogP contribution is 2.22. The molecule has 12 heteroatoms. The summed E-state index contributed by atoms with van der Waals surface area (Å²) in [5.74, 6) is 0. The molecule has 0 fully saturated rings. The van der Waals surface area contributed by atoms with Crippen molar-refractivity contribution in [2.24, 2.45) is 34.6 Å². The number of thiazole rings is 2. The van der Waals surface area contributed by atoms with Gasteiger partial charge in [-0.05, 0) is 94.3 Å². The van der Waals surface area contributed by atoms with Crippen molar-refractivity contribution >= 4 is 55.7 Å². The van der Waals surface area contributed by atoms with Crippen molar-refractivity contribution in [1.29, 1.82) is 0 Å². The predicted octanol–water partition coefficient (Wildman–Crippen LogP) is 0.602. The van der Waals surface area contributed by atoms with Crippen LogP contribution in [0.25, 0.3) is 0 Å². The van der Waals surface area contributed by atoms with Crippen LogP contribution in [-0.2, 0) is 14.1 Å². The minimum Gasteiger partial charge on any atom is -1.00 e. The highest BCUT2D eigenvalue weighted by atomic mass is 79.9. The fourth-order valence-electron chi connectivity index (χ4n) is 3.06. The molecule has 0 amide bonds. The lowest BCUT2D eigenvalue weighted by molar-refractivity contribution is -0.654. The van der Waals surface area contributed by atoms with E-state index in [9.17, 15) is 0 Å². The molecule has 0 saturated heterocycles. The average Bonchev–Trinajstić information content (AvgIpc) is 3.47. The van der Waals surface area contributed by atoms with Crippen LogP contribution in [-0.4, -0.2) is 13.1 Å². The maximum atomic E-state index is 4.30. The van der Waals surface area contributed by atoms with Gasteiger partial charge >= 0.3 is 10.3 Å². The van der Waals surface area contributed by atoms with Crippen molar-refractivity contribution in [3.05, 3.63) is 71.7 Å². The number of hydrogen-bond donors (Lipinski definition) is 2. The van der Waals surface area contributed by atoms with Crippen molar-refractivity contribution in [2.45, 2.75) is 12.8 Å². The molecule has 4 rings (SSSR count). The number of halogens is 2. The first-order chi connectivity index (χ1) is 16.7. The fourth-order valence-corrected chi connectivity index (χ4v) is 4.42. The SMILES string of the molecule is C[n+]1ccsc1/N=N/c1ccc(NCCCCNc2ccc(/N=N/c3scc[n+]3C)cc2)cc1.[Br-].[Br-]. The second-order valence-electron chi connectivity index (χ2n) is 7.65. The van der Waals surface area contributed by atoms with Gasteiger partial charge in [0, 0.05) is 35.2 Å². The van der Waals surface area contributed by atoms with E-state index < -0.39 is 0 Å². The molecule has 2 aromatic carbocycles. The zero-order chi connectivity index (χ0) is 23.6. The Kier molecular flexibility index (Phi) is 12.8. The van der Waals surface area contributed by atoms with Gasteiger partial charge in [-0.3, -0.25) is 0 Å². The predicted molar refractivity (Wildman–Crippen MR) is 138 cm³/mol. The monoisotopic (exact) mass is 650 g/mol. The Bertz CT molecular complexity index is 1140. The molecule has 0 aliphatic carbocycles. The van der Waals surface area contributed by atoms with Gasteiger partial charge in [0.25, 0.3) is 0 Å². The number of nitrogens with zero attached hydrogens (tertiary/aromatic N) is 6. The summed E-state index contributed by atoms with van der Waals surface area (Å²) in [7, 11) is 3.93. The first kappa shape index (κ1) is 29.7. The quantitative estimate of drug-likeness (QED) is 0.142. The topological polar surface area (TPSA) is 81.3 Å². The van der Waals surface area contributed by atoms with Gasteiger partial charge in [0.1, 0.15) is 23.8 Å². The van der Waals surface area contributed by atoms with E-state index in [4.69, 9.17) is 0 Å². The van der Waals surface area contributed by atoms with Crippen LogP contribution >= 0.6 is 22.7 Å². The molecule has 190 valence electrons. The summed E-state index contributed by atoms with van der Waals surface area (Å²) in [5, 5.41) is 29.8. The number of anilines is 2. The number of aryl methyl sites for hydroxylation is 2. The summed E-state index contributed by atoms with van der Waals surface area (Å²) in [4.78, 5) is 0. The van der Waals surface area contributed by atoms with Gasteiger partial charge in [0.15, 0.2) is 0 Å². The molecule has 0 radical (unpaired) electrons. The molecule has 0 saturated carbocycles. The van der Waals surface area contributed by atoms with Gasteiger partial charge in [-0.25, -0.2) is 9.13 Å². The number of aromatic nitrogens is 2. The third-order valence-corrected chi connectivity index (χ3v) is 6.69. The van der Waals surface area contributed by atoms with E-state index >= 15 is 0 Å². The zero-order valence-electron chi connectivity index (χ0n) is 20.0. The molecule has 4 aromatic rings. The normalized spacial score (nSPS) is 10.8. The summed E-state index contributed by atoms with van der Waals surface area (Å²) in [6.07, 6.45) is 6.10. The molecule has 0 aliphatic rings. The first-order valence-electron chi connectivity index (χ1n) is 11.0. The van der Waals surface area contributed by atoms with Crippen LogP contribution < -0.4 is 53.7 Å². The Morgan fingerprint density at radius 3 is 1.33 bits per heavy atom. The van der Waals surface area contributed by atoms with E-state index in [-0.39, 0.29) is 34.0 Å². The van der Waals surface area contributed by atoms with E-state index in [1.165, 1.54) is 0 Å². The molecule has 8 nitrogen and oxygen atoms in total. The Morgan fingerprint density at radius 1 is 0.611 bits per heavy atom. The van der Waals surface area contributed by atoms with Gasteiger partial charge < -0.3 is 44.6 Å². The second-order valence-corrected chi connectivity index (χ2v) is 9.39. The second kappa shape index (κ2) is 15.5. The molecule has 0 bridgehead atoms. The van der Waals surface area contributed by atoms with Crippen LogP contribution in [0.2, 0.25) is 0 Å². The maximum Gasteiger partial charge on any atom is 0.408 e. The number of unbranched alkanes of at least 4 members (excludes halogenated alkanes) is 1. The largest absolute Gasteiger partial charge is 1.00 e. The van der Waals surface area contributed by atoms with Gasteiger partial charge in [0.05, 0.1) is 24.3 Å². The van der Waals surface area contributed by atoms with Crippen LogP contribution in [0.4, 0.5) is 33.0 Å². The molecular formula is C24H28Br2N8S2. The maximum absolute atomic E-state index is 4.30.